The maximum Gasteiger partial charge on any atom is 0.339 e. The number of fused-ring (bicyclic) bond motifs is 1. The molecule has 0 atom stereocenters. The summed E-state index contributed by atoms with van der Waals surface area (Å²) >= 11 is 1.49. The number of carbonyl (C=O) groups is 4. The minimum atomic E-state index is -0.959. The predicted molar refractivity (Wildman–Crippen MR) is 140 cm³/mol. The van der Waals surface area contributed by atoms with Gasteiger partial charge in [0.15, 0.2) is 0 Å². The van der Waals surface area contributed by atoms with Gasteiger partial charge in [0, 0.05) is 22.0 Å². The molecular formula is C27H25FN4O5S. The fourth-order valence-corrected chi connectivity index (χ4v) is 6.42. The van der Waals surface area contributed by atoms with E-state index in [1.54, 1.807) is 0 Å². The summed E-state index contributed by atoms with van der Waals surface area (Å²) in [5, 5.41) is 15.7. The number of thiophene rings is 1. The zero-order chi connectivity index (χ0) is 27.1. The Labute approximate surface area is 221 Å². The van der Waals surface area contributed by atoms with Crippen molar-refractivity contribution in [1.82, 2.24) is 14.8 Å². The lowest BCUT2D eigenvalue weighted by Gasteiger charge is -2.12. The van der Waals surface area contributed by atoms with Gasteiger partial charge in [-0.05, 0) is 87.1 Å². The Morgan fingerprint density at radius 3 is 2.58 bits per heavy atom. The van der Waals surface area contributed by atoms with E-state index in [4.69, 9.17) is 0 Å². The van der Waals surface area contributed by atoms with Gasteiger partial charge in [-0.15, -0.1) is 11.3 Å². The minimum absolute atomic E-state index is 0.00812. The van der Waals surface area contributed by atoms with Gasteiger partial charge in [0.25, 0.3) is 5.91 Å². The van der Waals surface area contributed by atoms with E-state index in [0.29, 0.717) is 21.8 Å². The third kappa shape index (κ3) is 4.60. The van der Waals surface area contributed by atoms with Crippen LogP contribution in [0, 0.1) is 19.7 Å². The number of imide groups is 1. The first kappa shape index (κ1) is 25.4. The van der Waals surface area contributed by atoms with E-state index < -0.39 is 36.2 Å². The summed E-state index contributed by atoms with van der Waals surface area (Å²) in [5.74, 6) is -2.68. The number of nitrogens with zero attached hydrogens (tertiary/aromatic N) is 2. The van der Waals surface area contributed by atoms with E-state index in [-0.39, 0.29) is 5.70 Å². The van der Waals surface area contributed by atoms with Gasteiger partial charge in [-0.3, -0.25) is 9.59 Å². The molecule has 38 heavy (non-hydrogen) atoms. The van der Waals surface area contributed by atoms with Crippen LogP contribution in [0.3, 0.4) is 0 Å². The van der Waals surface area contributed by atoms with Crippen LogP contribution in [0.25, 0.3) is 11.1 Å². The van der Waals surface area contributed by atoms with Gasteiger partial charge in [-0.2, -0.15) is 0 Å². The Morgan fingerprint density at radius 2 is 1.87 bits per heavy atom. The molecule has 11 heteroatoms. The molecular weight excluding hydrogens is 511 g/mol. The molecule has 1 saturated heterocycles. The fourth-order valence-electron chi connectivity index (χ4n) is 4.92. The lowest BCUT2D eigenvalue weighted by atomic mass is 9.95. The molecule has 2 aromatic heterocycles. The SMILES string of the molecule is Cc1cc(/C=C2\NC(=O)N(CC(=O)Nc3ccc(F)cc3)C2=O)c(C)n1-c1sc2c(c1C(=O)O)CCCC2. The van der Waals surface area contributed by atoms with E-state index in [1.807, 2.05) is 24.5 Å². The molecule has 0 unspecified atom stereocenters. The monoisotopic (exact) mass is 536 g/mol. The Kier molecular flexibility index (Phi) is 6.62. The number of amides is 4. The van der Waals surface area contributed by atoms with E-state index in [1.165, 1.54) is 41.7 Å². The molecule has 1 aliphatic heterocycles. The van der Waals surface area contributed by atoms with Crippen LogP contribution in [0.1, 0.15) is 50.6 Å². The quantitative estimate of drug-likeness (QED) is 0.319. The molecule has 1 aromatic carbocycles. The second kappa shape index (κ2) is 9.90. The van der Waals surface area contributed by atoms with Gasteiger partial charge in [0.05, 0.1) is 5.56 Å². The number of benzene rings is 1. The fraction of sp³-hybridized carbons (Fsp3) is 0.259. The maximum atomic E-state index is 13.1. The highest BCUT2D eigenvalue weighted by Gasteiger charge is 2.35. The predicted octanol–water partition coefficient (Wildman–Crippen LogP) is 4.40. The zero-order valence-electron chi connectivity index (χ0n) is 20.8. The van der Waals surface area contributed by atoms with Crippen LogP contribution in [-0.4, -0.2) is 44.9 Å². The molecule has 3 N–H and O–H groups in total. The second-order valence-corrected chi connectivity index (χ2v) is 10.4. The molecule has 4 amide bonds. The number of carboxylic acids is 1. The van der Waals surface area contributed by atoms with Crippen molar-refractivity contribution in [3.8, 4) is 5.00 Å². The van der Waals surface area contributed by atoms with Crippen LogP contribution >= 0.6 is 11.3 Å². The topological polar surface area (TPSA) is 121 Å². The average molecular weight is 537 g/mol. The minimum Gasteiger partial charge on any atom is -0.478 e. The van der Waals surface area contributed by atoms with Crippen LogP contribution in [0.2, 0.25) is 0 Å². The van der Waals surface area contributed by atoms with Crippen LogP contribution in [0.5, 0.6) is 0 Å². The second-order valence-electron chi connectivity index (χ2n) is 9.29. The number of carbonyl (C=O) groups excluding carboxylic acids is 3. The molecule has 0 saturated carbocycles. The number of aromatic nitrogens is 1. The first-order chi connectivity index (χ1) is 18.1. The average Bonchev–Trinajstić information content (AvgIpc) is 3.47. The van der Waals surface area contributed by atoms with Gasteiger partial charge in [-0.1, -0.05) is 0 Å². The summed E-state index contributed by atoms with van der Waals surface area (Å²) in [4.78, 5) is 51.9. The smallest absolute Gasteiger partial charge is 0.339 e. The van der Waals surface area contributed by atoms with E-state index in [2.05, 4.69) is 10.6 Å². The van der Waals surface area contributed by atoms with Gasteiger partial charge in [-0.25, -0.2) is 18.9 Å². The van der Waals surface area contributed by atoms with Crippen molar-refractivity contribution in [1.29, 1.82) is 0 Å². The Bertz CT molecular complexity index is 1520. The van der Waals surface area contributed by atoms with Crippen molar-refractivity contribution in [3.63, 3.8) is 0 Å². The molecule has 0 spiro atoms. The van der Waals surface area contributed by atoms with E-state index in [9.17, 15) is 28.7 Å². The third-order valence-corrected chi connectivity index (χ3v) is 8.01. The van der Waals surface area contributed by atoms with Crippen molar-refractivity contribution in [2.75, 3.05) is 11.9 Å². The summed E-state index contributed by atoms with van der Waals surface area (Å²) in [6.45, 7) is 3.18. The molecule has 0 bridgehead atoms. The van der Waals surface area contributed by atoms with Crippen LogP contribution in [0.4, 0.5) is 14.9 Å². The van der Waals surface area contributed by atoms with Crippen molar-refractivity contribution in [2.45, 2.75) is 39.5 Å². The highest BCUT2D eigenvalue weighted by atomic mass is 32.1. The molecule has 1 fully saturated rings. The molecule has 196 valence electrons. The molecule has 3 aromatic rings. The van der Waals surface area contributed by atoms with Crippen molar-refractivity contribution >= 4 is 46.9 Å². The van der Waals surface area contributed by atoms with Crippen LogP contribution < -0.4 is 10.6 Å². The number of halogens is 1. The Balaban J connectivity index is 1.40. The highest BCUT2D eigenvalue weighted by molar-refractivity contribution is 7.15. The number of anilines is 1. The maximum absolute atomic E-state index is 13.1. The van der Waals surface area contributed by atoms with Gasteiger partial charge in [0.2, 0.25) is 5.91 Å². The molecule has 2 aliphatic rings. The van der Waals surface area contributed by atoms with E-state index >= 15 is 0 Å². The van der Waals surface area contributed by atoms with Crippen LogP contribution in [-0.2, 0) is 22.4 Å². The third-order valence-electron chi connectivity index (χ3n) is 6.73. The number of aromatic carboxylic acids is 1. The number of aryl methyl sites for hydroxylation is 2. The normalized spacial score (nSPS) is 16.1. The number of hydrogen-bond donors (Lipinski definition) is 3. The molecule has 3 heterocycles. The summed E-state index contributed by atoms with van der Waals surface area (Å²) in [6.07, 6.45) is 5.14. The summed E-state index contributed by atoms with van der Waals surface area (Å²) < 4.78 is 15.0. The van der Waals surface area contributed by atoms with Gasteiger partial charge < -0.3 is 20.3 Å². The first-order valence-electron chi connectivity index (χ1n) is 12.1. The number of rotatable bonds is 6. The number of hydrogen-bond acceptors (Lipinski definition) is 5. The summed E-state index contributed by atoms with van der Waals surface area (Å²) in [5.41, 5.74) is 3.74. The zero-order valence-corrected chi connectivity index (χ0v) is 21.6. The number of carboxylic acid groups (broad SMARTS) is 1. The van der Waals surface area contributed by atoms with E-state index in [0.717, 1.165) is 52.4 Å². The largest absolute Gasteiger partial charge is 0.478 e. The number of urea groups is 1. The molecule has 0 radical (unpaired) electrons. The van der Waals surface area contributed by atoms with Crippen molar-refractivity contribution < 1.29 is 28.7 Å². The summed E-state index contributed by atoms with van der Waals surface area (Å²) in [6, 6.07) is 6.22. The number of nitrogens with one attached hydrogen (secondary N) is 2. The van der Waals surface area contributed by atoms with Crippen LogP contribution in [0.15, 0.2) is 36.0 Å². The molecule has 1 aliphatic carbocycles. The van der Waals surface area contributed by atoms with Gasteiger partial charge >= 0.3 is 12.0 Å². The Hall–Kier alpha value is -4.25. The molecule has 9 nitrogen and oxygen atoms in total. The lowest BCUT2D eigenvalue weighted by Crippen LogP contribution is -2.38. The van der Waals surface area contributed by atoms with Gasteiger partial charge in [0.1, 0.15) is 23.1 Å². The van der Waals surface area contributed by atoms with Crippen molar-refractivity contribution in [3.05, 3.63) is 74.8 Å². The lowest BCUT2D eigenvalue weighted by molar-refractivity contribution is -0.127. The first-order valence-corrected chi connectivity index (χ1v) is 12.9. The standard InChI is InChI=1S/C27H25FN4O5S/c1-14-11-16(15(2)32(14)25-23(26(35)36)19-5-3-4-6-21(19)38-25)12-20-24(34)31(27(37)30-20)13-22(33)29-18-9-7-17(28)8-10-18/h7-12H,3-6,13H2,1-2H3,(H,29,33)(H,30,37)(H,35,36)/b20-12-. The summed E-state index contributed by atoms with van der Waals surface area (Å²) in [7, 11) is 0. The molecule has 5 rings (SSSR count). The Morgan fingerprint density at radius 1 is 1.16 bits per heavy atom. The highest BCUT2D eigenvalue weighted by Crippen LogP contribution is 2.39. The van der Waals surface area contributed by atoms with Crippen molar-refractivity contribution in [2.24, 2.45) is 0 Å².